The fourth-order valence-corrected chi connectivity index (χ4v) is 1.82. The van der Waals surface area contributed by atoms with Crippen molar-refractivity contribution in [1.29, 1.82) is 0 Å². The molecule has 1 rings (SSSR count). The average molecular weight is 243 g/mol. The van der Waals surface area contributed by atoms with Crippen molar-refractivity contribution in [3.8, 4) is 0 Å². The Labute approximate surface area is 102 Å². The van der Waals surface area contributed by atoms with Gasteiger partial charge in [-0.25, -0.2) is 4.79 Å². The SMILES string of the molecule is CC(C)(C)OC(=O)NC1(CCC=O)CCOC1. The molecule has 0 bridgehead atoms. The lowest BCUT2D eigenvalue weighted by Gasteiger charge is -2.30. The molecule has 0 aromatic heterocycles. The largest absolute Gasteiger partial charge is 0.444 e. The van der Waals surface area contributed by atoms with Crippen LogP contribution in [0.5, 0.6) is 0 Å². The van der Waals surface area contributed by atoms with Gasteiger partial charge in [0.25, 0.3) is 0 Å². The second kappa shape index (κ2) is 5.49. The summed E-state index contributed by atoms with van der Waals surface area (Å²) >= 11 is 0. The van der Waals surface area contributed by atoms with Gasteiger partial charge >= 0.3 is 6.09 Å². The van der Waals surface area contributed by atoms with E-state index in [1.807, 2.05) is 20.8 Å². The summed E-state index contributed by atoms with van der Waals surface area (Å²) in [7, 11) is 0. The quantitative estimate of drug-likeness (QED) is 0.762. The van der Waals surface area contributed by atoms with E-state index < -0.39 is 17.2 Å². The molecule has 1 heterocycles. The molecule has 0 aromatic rings. The van der Waals surface area contributed by atoms with E-state index in [-0.39, 0.29) is 0 Å². The third kappa shape index (κ3) is 4.73. The Kier molecular flexibility index (Phi) is 4.51. The molecule has 98 valence electrons. The van der Waals surface area contributed by atoms with Crippen LogP contribution in [-0.2, 0) is 14.3 Å². The third-order valence-corrected chi connectivity index (χ3v) is 2.61. The van der Waals surface area contributed by atoms with Gasteiger partial charge in [0.15, 0.2) is 0 Å². The van der Waals surface area contributed by atoms with Gasteiger partial charge in [-0.2, -0.15) is 0 Å². The summed E-state index contributed by atoms with van der Waals surface area (Å²) in [5, 5.41) is 2.84. The molecule has 5 heteroatoms. The number of ether oxygens (including phenoxy) is 2. The second-order valence-electron chi connectivity index (χ2n) is 5.42. The highest BCUT2D eigenvalue weighted by molar-refractivity contribution is 5.69. The zero-order valence-corrected chi connectivity index (χ0v) is 10.7. The summed E-state index contributed by atoms with van der Waals surface area (Å²) in [5.74, 6) is 0. The number of hydrogen-bond acceptors (Lipinski definition) is 4. The molecule has 1 amide bonds. The maximum absolute atomic E-state index is 11.7. The van der Waals surface area contributed by atoms with E-state index in [1.54, 1.807) is 0 Å². The molecule has 1 aliphatic heterocycles. The fraction of sp³-hybridized carbons (Fsp3) is 0.833. The summed E-state index contributed by atoms with van der Waals surface area (Å²) in [6.45, 7) is 6.50. The molecule has 1 atom stereocenters. The first kappa shape index (κ1) is 14.0. The molecule has 0 aromatic carbocycles. The number of nitrogens with one attached hydrogen (secondary N) is 1. The highest BCUT2D eigenvalue weighted by atomic mass is 16.6. The van der Waals surface area contributed by atoms with Crippen LogP contribution in [0.15, 0.2) is 0 Å². The Morgan fingerprint density at radius 1 is 1.53 bits per heavy atom. The molecule has 0 aliphatic carbocycles. The number of hydrogen-bond donors (Lipinski definition) is 1. The smallest absolute Gasteiger partial charge is 0.408 e. The van der Waals surface area contributed by atoms with Gasteiger partial charge in [-0.15, -0.1) is 0 Å². The number of amides is 1. The molecule has 1 aliphatic rings. The zero-order valence-electron chi connectivity index (χ0n) is 10.7. The lowest BCUT2D eigenvalue weighted by atomic mass is 9.93. The molecular weight excluding hydrogens is 222 g/mol. The normalized spacial score (nSPS) is 24.4. The van der Waals surface area contributed by atoms with Crippen molar-refractivity contribution < 1.29 is 19.1 Å². The highest BCUT2D eigenvalue weighted by Crippen LogP contribution is 2.24. The van der Waals surface area contributed by atoms with Crippen LogP contribution < -0.4 is 5.32 Å². The highest BCUT2D eigenvalue weighted by Gasteiger charge is 2.37. The molecule has 1 fully saturated rings. The molecule has 0 saturated carbocycles. The van der Waals surface area contributed by atoms with Crippen LogP contribution >= 0.6 is 0 Å². The number of carbonyl (C=O) groups excluding carboxylic acids is 2. The minimum absolute atomic E-state index is 0.416. The van der Waals surface area contributed by atoms with Crippen molar-refractivity contribution in [3.63, 3.8) is 0 Å². The Bertz CT molecular complexity index is 277. The molecule has 0 spiro atoms. The van der Waals surface area contributed by atoms with Gasteiger partial charge in [0, 0.05) is 13.0 Å². The lowest BCUT2D eigenvalue weighted by molar-refractivity contribution is -0.108. The van der Waals surface area contributed by atoms with Crippen LogP contribution in [0.4, 0.5) is 4.79 Å². The molecule has 17 heavy (non-hydrogen) atoms. The summed E-state index contributed by atoms with van der Waals surface area (Å²) in [6, 6.07) is 0. The lowest BCUT2D eigenvalue weighted by Crippen LogP contribution is -2.50. The van der Waals surface area contributed by atoms with E-state index in [0.717, 1.165) is 12.7 Å². The van der Waals surface area contributed by atoms with E-state index in [9.17, 15) is 9.59 Å². The Hall–Kier alpha value is -1.10. The minimum atomic E-state index is -0.518. The number of alkyl carbamates (subject to hydrolysis) is 1. The second-order valence-corrected chi connectivity index (χ2v) is 5.42. The van der Waals surface area contributed by atoms with Crippen molar-refractivity contribution in [3.05, 3.63) is 0 Å². The maximum Gasteiger partial charge on any atom is 0.408 e. The van der Waals surface area contributed by atoms with E-state index >= 15 is 0 Å². The number of rotatable bonds is 4. The minimum Gasteiger partial charge on any atom is -0.444 e. The first-order chi connectivity index (χ1) is 7.87. The van der Waals surface area contributed by atoms with Gasteiger partial charge in [-0.1, -0.05) is 0 Å². The molecule has 1 saturated heterocycles. The summed E-state index contributed by atoms with van der Waals surface area (Å²) in [5.41, 5.74) is -0.960. The summed E-state index contributed by atoms with van der Waals surface area (Å²) in [6.07, 6.45) is 2.14. The van der Waals surface area contributed by atoms with Crippen LogP contribution in [0.3, 0.4) is 0 Å². The van der Waals surface area contributed by atoms with Crippen LogP contribution in [-0.4, -0.2) is 36.7 Å². The summed E-state index contributed by atoms with van der Waals surface area (Å²) < 4.78 is 10.5. The van der Waals surface area contributed by atoms with Gasteiger partial charge in [-0.05, 0) is 33.6 Å². The van der Waals surface area contributed by atoms with E-state index in [4.69, 9.17) is 9.47 Å². The Morgan fingerprint density at radius 2 is 2.24 bits per heavy atom. The molecule has 1 N–H and O–H groups in total. The maximum atomic E-state index is 11.7. The van der Waals surface area contributed by atoms with Gasteiger partial charge < -0.3 is 19.6 Å². The molecular formula is C12H21NO4. The summed E-state index contributed by atoms with van der Waals surface area (Å²) in [4.78, 5) is 22.1. The molecule has 0 radical (unpaired) electrons. The van der Waals surface area contributed by atoms with Gasteiger partial charge in [0.2, 0.25) is 0 Å². The van der Waals surface area contributed by atoms with Crippen molar-refractivity contribution in [2.24, 2.45) is 0 Å². The molecule has 1 unspecified atom stereocenters. The van der Waals surface area contributed by atoms with Crippen molar-refractivity contribution in [1.82, 2.24) is 5.32 Å². The van der Waals surface area contributed by atoms with Crippen molar-refractivity contribution >= 4 is 12.4 Å². The predicted octanol–water partition coefficient (Wildman–Crippen LogP) is 1.65. The monoisotopic (exact) mass is 243 g/mol. The van der Waals surface area contributed by atoms with Gasteiger partial charge in [0.1, 0.15) is 11.9 Å². The standard InChI is InChI=1S/C12H21NO4/c1-11(2,3)17-10(15)13-12(5-4-7-14)6-8-16-9-12/h7H,4-6,8-9H2,1-3H3,(H,13,15). The molecule has 5 nitrogen and oxygen atoms in total. The average Bonchev–Trinajstić information content (AvgIpc) is 2.60. The first-order valence-electron chi connectivity index (χ1n) is 5.89. The predicted molar refractivity (Wildman–Crippen MR) is 62.8 cm³/mol. The zero-order chi connectivity index (χ0) is 12.9. The van der Waals surface area contributed by atoms with E-state index in [2.05, 4.69) is 5.32 Å². The van der Waals surface area contributed by atoms with Crippen LogP contribution in [0.25, 0.3) is 0 Å². The topological polar surface area (TPSA) is 64.6 Å². The Morgan fingerprint density at radius 3 is 2.71 bits per heavy atom. The number of carbonyl (C=O) groups is 2. The first-order valence-corrected chi connectivity index (χ1v) is 5.89. The van der Waals surface area contributed by atoms with Crippen molar-refractivity contribution in [2.75, 3.05) is 13.2 Å². The van der Waals surface area contributed by atoms with Crippen LogP contribution in [0.1, 0.15) is 40.0 Å². The van der Waals surface area contributed by atoms with Gasteiger partial charge in [-0.3, -0.25) is 0 Å². The van der Waals surface area contributed by atoms with E-state index in [1.165, 1.54) is 0 Å². The van der Waals surface area contributed by atoms with Crippen LogP contribution in [0, 0.1) is 0 Å². The third-order valence-electron chi connectivity index (χ3n) is 2.61. The Balaban J connectivity index is 2.54. The fourth-order valence-electron chi connectivity index (χ4n) is 1.82. The van der Waals surface area contributed by atoms with Gasteiger partial charge in [0.05, 0.1) is 12.1 Å². The van der Waals surface area contributed by atoms with E-state index in [0.29, 0.717) is 26.1 Å². The number of aldehydes is 1. The van der Waals surface area contributed by atoms with Crippen molar-refractivity contribution in [2.45, 2.75) is 51.2 Å². The van der Waals surface area contributed by atoms with Crippen LogP contribution in [0.2, 0.25) is 0 Å².